The summed E-state index contributed by atoms with van der Waals surface area (Å²) in [5, 5.41) is 3.08. The van der Waals surface area contributed by atoms with Crippen LogP contribution in [0.3, 0.4) is 0 Å². The van der Waals surface area contributed by atoms with Gasteiger partial charge in [0.2, 0.25) is 0 Å². The van der Waals surface area contributed by atoms with Crippen LogP contribution in [-0.4, -0.2) is 7.05 Å². The van der Waals surface area contributed by atoms with Crippen molar-refractivity contribution < 1.29 is 0 Å². The summed E-state index contributed by atoms with van der Waals surface area (Å²) in [4.78, 5) is 0. The first kappa shape index (κ1) is 9.85. The van der Waals surface area contributed by atoms with Crippen LogP contribution in [0.4, 0.5) is 0 Å². The Hall–Kier alpha value is -1.24. The van der Waals surface area contributed by atoms with Gasteiger partial charge in [0.1, 0.15) is 0 Å². The van der Waals surface area contributed by atoms with Crippen molar-refractivity contribution >= 4 is 0 Å². The molecule has 1 unspecified atom stereocenters. The first-order valence-corrected chi connectivity index (χ1v) is 4.58. The number of aryl methyl sites for hydroxylation is 1. The van der Waals surface area contributed by atoms with E-state index in [1.165, 1.54) is 11.1 Å². The van der Waals surface area contributed by atoms with E-state index in [4.69, 9.17) is 0 Å². The molecule has 0 radical (unpaired) electrons. The summed E-state index contributed by atoms with van der Waals surface area (Å²) in [5.74, 6) is 0.380. The third-order valence-electron chi connectivity index (χ3n) is 2.42. The first-order chi connectivity index (χ1) is 6.15. The lowest BCUT2D eigenvalue weighted by molar-refractivity contribution is 0.797. The zero-order valence-corrected chi connectivity index (χ0v) is 8.59. The van der Waals surface area contributed by atoms with Gasteiger partial charge < -0.3 is 5.32 Å². The third-order valence-corrected chi connectivity index (χ3v) is 2.42. The highest BCUT2D eigenvalue weighted by molar-refractivity contribution is 5.28. The molecule has 1 rings (SSSR count). The maximum Gasteiger partial charge on any atom is 0.0203 e. The second-order valence-corrected chi connectivity index (χ2v) is 3.41. The molecular weight excluding hydrogens is 158 g/mol. The Morgan fingerprint density at radius 3 is 2.31 bits per heavy atom. The average molecular weight is 175 g/mol. The summed E-state index contributed by atoms with van der Waals surface area (Å²) in [7, 11) is 1.91. The summed E-state index contributed by atoms with van der Waals surface area (Å²) in [5.41, 5.74) is 3.67. The predicted octanol–water partition coefficient (Wildman–Crippen LogP) is 2.83. The maximum atomic E-state index is 3.96. The smallest absolute Gasteiger partial charge is 0.0203 e. The normalized spacial score (nSPS) is 12.2. The van der Waals surface area contributed by atoms with Gasteiger partial charge in [0.05, 0.1) is 0 Å². The van der Waals surface area contributed by atoms with Crippen molar-refractivity contribution in [2.45, 2.75) is 19.8 Å². The molecule has 1 nitrogen and oxygen atoms in total. The van der Waals surface area contributed by atoms with Crippen LogP contribution in [0.1, 0.15) is 24.0 Å². The molecule has 1 aromatic rings. The van der Waals surface area contributed by atoms with E-state index in [0.29, 0.717) is 5.92 Å². The highest BCUT2D eigenvalue weighted by atomic mass is 14.8. The van der Waals surface area contributed by atoms with Crippen LogP contribution in [0.5, 0.6) is 0 Å². The summed E-state index contributed by atoms with van der Waals surface area (Å²) in [6.45, 7) is 8.22. The zero-order chi connectivity index (χ0) is 9.84. The molecule has 1 aromatic carbocycles. The van der Waals surface area contributed by atoms with Gasteiger partial charge in [0.15, 0.2) is 0 Å². The average Bonchev–Trinajstić information content (AvgIpc) is 2.17. The summed E-state index contributed by atoms with van der Waals surface area (Å²) in [6.07, 6.45) is 0. The molecule has 0 bridgehead atoms. The van der Waals surface area contributed by atoms with Crippen LogP contribution >= 0.6 is 0 Å². The summed E-state index contributed by atoms with van der Waals surface area (Å²) < 4.78 is 0. The predicted molar refractivity (Wildman–Crippen MR) is 57.8 cm³/mol. The number of rotatable bonds is 3. The van der Waals surface area contributed by atoms with Crippen LogP contribution in [0.2, 0.25) is 0 Å². The van der Waals surface area contributed by atoms with Crippen molar-refractivity contribution in [2.24, 2.45) is 0 Å². The number of hydrogen-bond acceptors (Lipinski definition) is 1. The lowest BCUT2D eigenvalue weighted by atomic mass is 9.97. The molecule has 0 saturated heterocycles. The molecule has 0 spiro atoms. The number of nitrogens with one attached hydrogen (secondary N) is 1. The van der Waals surface area contributed by atoms with Gasteiger partial charge in [-0.05, 0) is 12.5 Å². The fraction of sp³-hybridized carbons (Fsp3) is 0.333. The number of benzene rings is 1. The van der Waals surface area contributed by atoms with Crippen molar-refractivity contribution in [1.82, 2.24) is 5.32 Å². The van der Waals surface area contributed by atoms with E-state index < -0.39 is 0 Å². The molecule has 70 valence electrons. The molecule has 0 saturated carbocycles. The van der Waals surface area contributed by atoms with Gasteiger partial charge in [0.25, 0.3) is 0 Å². The molecule has 1 heteroatoms. The molecule has 0 aromatic heterocycles. The SMILES string of the molecule is C=C(NC)C(C)c1ccc(C)cc1. The second kappa shape index (κ2) is 4.13. The quantitative estimate of drug-likeness (QED) is 0.745. The van der Waals surface area contributed by atoms with E-state index in [0.717, 1.165) is 5.70 Å². The first-order valence-electron chi connectivity index (χ1n) is 4.58. The van der Waals surface area contributed by atoms with E-state index in [-0.39, 0.29) is 0 Å². The number of hydrogen-bond donors (Lipinski definition) is 1. The summed E-state index contributed by atoms with van der Waals surface area (Å²) >= 11 is 0. The standard InChI is InChI=1S/C12H17N/c1-9-5-7-12(8-6-9)10(2)11(3)13-4/h5-8,10,13H,3H2,1-2,4H3. The van der Waals surface area contributed by atoms with Crippen molar-refractivity contribution in [1.29, 1.82) is 0 Å². The Labute approximate surface area is 80.5 Å². The van der Waals surface area contributed by atoms with Gasteiger partial charge in [-0.2, -0.15) is 0 Å². The van der Waals surface area contributed by atoms with E-state index in [2.05, 4.69) is 50.0 Å². The van der Waals surface area contributed by atoms with E-state index in [1.54, 1.807) is 0 Å². The Morgan fingerprint density at radius 1 is 1.31 bits per heavy atom. The fourth-order valence-corrected chi connectivity index (χ4v) is 1.27. The third kappa shape index (κ3) is 2.35. The van der Waals surface area contributed by atoms with Gasteiger partial charge in [-0.15, -0.1) is 0 Å². The fourth-order valence-electron chi connectivity index (χ4n) is 1.27. The molecule has 1 N–H and O–H groups in total. The molecule has 1 atom stereocenters. The largest absolute Gasteiger partial charge is 0.391 e. The van der Waals surface area contributed by atoms with Crippen molar-refractivity contribution in [3.8, 4) is 0 Å². The van der Waals surface area contributed by atoms with Crippen molar-refractivity contribution in [2.75, 3.05) is 7.05 Å². The van der Waals surface area contributed by atoms with Crippen molar-refractivity contribution in [3.63, 3.8) is 0 Å². The zero-order valence-electron chi connectivity index (χ0n) is 8.59. The molecule has 0 fully saturated rings. The van der Waals surface area contributed by atoms with Crippen LogP contribution in [-0.2, 0) is 0 Å². The molecule has 0 aliphatic rings. The molecule has 0 heterocycles. The van der Waals surface area contributed by atoms with Gasteiger partial charge in [-0.3, -0.25) is 0 Å². The minimum atomic E-state index is 0.380. The highest BCUT2D eigenvalue weighted by Gasteiger charge is 2.06. The van der Waals surface area contributed by atoms with Crippen LogP contribution in [0, 0.1) is 6.92 Å². The van der Waals surface area contributed by atoms with Gasteiger partial charge in [-0.25, -0.2) is 0 Å². The Bertz CT molecular complexity index is 284. The Morgan fingerprint density at radius 2 is 1.85 bits per heavy atom. The van der Waals surface area contributed by atoms with Gasteiger partial charge in [-0.1, -0.05) is 43.3 Å². The summed E-state index contributed by atoms with van der Waals surface area (Å²) in [6, 6.07) is 8.58. The Kier molecular flexibility index (Phi) is 3.13. The van der Waals surface area contributed by atoms with Gasteiger partial charge >= 0.3 is 0 Å². The highest BCUT2D eigenvalue weighted by Crippen LogP contribution is 2.20. The van der Waals surface area contributed by atoms with Crippen LogP contribution in [0.25, 0.3) is 0 Å². The van der Waals surface area contributed by atoms with E-state index >= 15 is 0 Å². The monoisotopic (exact) mass is 175 g/mol. The molecule has 0 aliphatic heterocycles. The molecular formula is C12H17N. The molecule has 0 aliphatic carbocycles. The van der Waals surface area contributed by atoms with Crippen molar-refractivity contribution in [3.05, 3.63) is 47.7 Å². The van der Waals surface area contributed by atoms with Crippen LogP contribution in [0.15, 0.2) is 36.5 Å². The van der Waals surface area contributed by atoms with E-state index in [9.17, 15) is 0 Å². The lowest BCUT2D eigenvalue weighted by Gasteiger charge is -2.14. The maximum absolute atomic E-state index is 3.96. The number of likely N-dealkylation sites (N-methyl/N-ethyl adjacent to an activating group) is 1. The van der Waals surface area contributed by atoms with Crippen LogP contribution < -0.4 is 5.32 Å². The minimum absolute atomic E-state index is 0.380. The molecule has 0 amide bonds. The second-order valence-electron chi connectivity index (χ2n) is 3.41. The van der Waals surface area contributed by atoms with Gasteiger partial charge in [0, 0.05) is 18.7 Å². The Balaban J connectivity index is 2.83. The minimum Gasteiger partial charge on any atom is -0.391 e. The number of allylic oxidation sites excluding steroid dienone is 1. The topological polar surface area (TPSA) is 12.0 Å². The lowest BCUT2D eigenvalue weighted by Crippen LogP contribution is -2.11. The molecule has 13 heavy (non-hydrogen) atoms. The van der Waals surface area contributed by atoms with E-state index in [1.807, 2.05) is 7.05 Å².